The molecule has 4 rings (SSSR count). The van der Waals surface area contributed by atoms with Gasteiger partial charge in [-0.2, -0.15) is 0 Å². The van der Waals surface area contributed by atoms with Gasteiger partial charge in [0.15, 0.2) is 0 Å². The quantitative estimate of drug-likeness (QED) is 0.726. The summed E-state index contributed by atoms with van der Waals surface area (Å²) in [6, 6.07) is 7.11. The zero-order valence-corrected chi connectivity index (χ0v) is 15.6. The fourth-order valence-electron chi connectivity index (χ4n) is 3.67. The maximum absolute atomic E-state index is 13.2. The van der Waals surface area contributed by atoms with Crippen LogP contribution in [-0.4, -0.2) is 20.6 Å². The van der Waals surface area contributed by atoms with Gasteiger partial charge in [-0.25, -0.2) is 4.98 Å². The Morgan fingerprint density at radius 1 is 1.29 bits per heavy atom. The van der Waals surface area contributed by atoms with Gasteiger partial charge in [-0.05, 0) is 56.4 Å². The highest BCUT2D eigenvalue weighted by atomic mass is 16.3. The summed E-state index contributed by atoms with van der Waals surface area (Å²) in [4.78, 5) is 30.2. The highest BCUT2D eigenvalue weighted by molar-refractivity contribution is 6.06. The number of rotatable bonds is 4. The van der Waals surface area contributed by atoms with E-state index in [1.807, 2.05) is 13.0 Å². The van der Waals surface area contributed by atoms with Gasteiger partial charge in [-0.1, -0.05) is 6.07 Å². The van der Waals surface area contributed by atoms with Crippen molar-refractivity contribution in [2.75, 3.05) is 5.32 Å². The summed E-state index contributed by atoms with van der Waals surface area (Å²) in [6.45, 7) is 2.03. The van der Waals surface area contributed by atoms with E-state index in [0.717, 1.165) is 24.1 Å². The fourth-order valence-corrected chi connectivity index (χ4v) is 3.67. The first kappa shape index (κ1) is 18.0. The largest absolute Gasteiger partial charge is 0.507 e. The standard InChI is InChI=1S/C21H21N3O4/c1-13-6-4-10-22-19(13)23-20(26)17-18(25)15-8-2-3-9-16(15)24(21(17)27)12-14-7-5-11-28-14/h4-7,10-11,25H,2-3,8-9,12H2,1H3,(H,22,23,26). The van der Waals surface area contributed by atoms with Crippen molar-refractivity contribution < 1.29 is 14.3 Å². The molecule has 0 radical (unpaired) electrons. The van der Waals surface area contributed by atoms with Crippen LogP contribution in [0.1, 0.15) is 45.8 Å². The summed E-state index contributed by atoms with van der Waals surface area (Å²) in [5, 5.41) is 13.4. The van der Waals surface area contributed by atoms with Gasteiger partial charge in [0.05, 0.1) is 12.8 Å². The lowest BCUT2D eigenvalue weighted by atomic mass is 9.93. The lowest BCUT2D eigenvalue weighted by Crippen LogP contribution is -2.34. The van der Waals surface area contributed by atoms with Crippen LogP contribution in [0.15, 0.2) is 45.9 Å². The molecule has 0 fully saturated rings. The molecule has 7 heteroatoms. The Balaban J connectivity index is 1.81. The number of hydrogen-bond acceptors (Lipinski definition) is 5. The fraction of sp³-hybridized carbons (Fsp3) is 0.286. The lowest BCUT2D eigenvalue weighted by molar-refractivity contribution is 0.102. The van der Waals surface area contributed by atoms with Crippen LogP contribution >= 0.6 is 0 Å². The number of hydrogen-bond donors (Lipinski definition) is 2. The van der Waals surface area contributed by atoms with E-state index in [2.05, 4.69) is 10.3 Å². The van der Waals surface area contributed by atoms with Gasteiger partial charge >= 0.3 is 0 Å². The van der Waals surface area contributed by atoms with Crippen LogP contribution in [0.25, 0.3) is 0 Å². The number of fused-ring (bicyclic) bond motifs is 1. The number of furan rings is 1. The number of aryl methyl sites for hydroxylation is 1. The zero-order valence-electron chi connectivity index (χ0n) is 15.6. The molecule has 0 aliphatic heterocycles. The summed E-state index contributed by atoms with van der Waals surface area (Å²) in [5.41, 5.74) is 1.43. The number of nitrogens with one attached hydrogen (secondary N) is 1. The van der Waals surface area contributed by atoms with Crippen LogP contribution in [0.2, 0.25) is 0 Å². The molecule has 3 aromatic heterocycles. The van der Waals surface area contributed by atoms with Gasteiger partial charge in [0.1, 0.15) is 22.9 Å². The molecule has 1 amide bonds. The van der Waals surface area contributed by atoms with Crippen LogP contribution in [0.3, 0.4) is 0 Å². The van der Waals surface area contributed by atoms with Gasteiger partial charge in [0.25, 0.3) is 11.5 Å². The molecule has 1 aliphatic carbocycles. The number of nitrogens with zero attached hydrogens (tertiary/aromatic N) is 2. The molecule has 0 spiro atoms. The molecule has 0 bridgehead atoms. The van der Waals surface area contributed by atoms with Gasteiger partial charge < -0.3 is 19.4 Å². The van der Waals surface area contributed by atoms with Crippen molar-refractivity contribution in [3.05, 3.63) is 75.2 Å². The van der Waals surface area contributed by atoms with Crippen LogP contribution in [0.4, 0.5) is 5.82 Å². The maximum Gasteiger partial charge on any atom is 0.267 e. The van der Waals surface area contributed by atoms with Crippen molar-refractivity contribution in [2.24, 2.45) is 0 Å². The van der Waals surface area contributed by atoms with E-state index in [1.165, 1.54) is 0 Å². The Morgan fingerprint density at radius 2 is 2.11 bits per heavy atom. The first-order chi connectivity index (χ1) is 13.6. The summed E-state index contributed by atoms with van der Waals surface area (Å²) in [7, 11) is 0. The summed E-state index contributed by atoms with van der Waals surface area (Å²) < 4.78 is 6.94. The minimum absolute atomic E-state index is 0.220. The zero-order chi connectivity index (χ0) is 19.7. The molecule has 0 atom stereocenters. The third-order valence-corrected chi connectivity index (χ3v) is 5.11. The number of carbonyl (C=O) groups is 1. The summed E-state index contributed by atoms with van der Waals surface area (Å²) in [6.07, 6.45) is 6.25. The van der Waals surface area contributed by atoms with E-state index in [9.17, 15) is 14.7 Å². The van der Waals surface area contributed by atoms with Crippen molar-refractivity contribution in [1.82, 2.24) is 9.55 Å². The molecule has 144 valence electrons. The van der Waals surface area contributed by atoms with Crippen LogP contribution in [0.5, 0.6) is 5.75 Å². The Labute approximate surface area is 161 Å². The smallest absolute Gasteiger partial charge is 0.267 e. The molecular formula is C21H21N3O4. The lowest BCUT2D eigenvalue weighted by Gasteiger charge is -2.23. The van der Waals surface area contributed by atoms with Gasteiger partial charge in [-0.3, -0.25) is 9.59 Å². The molecule has 3 aromatic rings. The topological polar surface area (TPSA) is 97.4 Å². The molecular weight excluding hydrogens is 358 g/mol. The minimum atomic E-state index is -0.661. The third kappa shape index (κ3) is 3.19. The van der Waals surface area contributed by atoms with E-state index >= 15 is 0 Å². The van der Waals surface area contributed by atoms with Gasteiger partial charge in [0, 0.05) is 17.5 Å². The minimum Gasteiger partial charge on any atom is -0.507 e. The Hall–Kier alpha value is -3.35. The van der Waals surface area contributed by atoms with E-state index in [-0.39, 0.29) is 17.9 Å². The van der Waals surface area contributed by atoms with E-state index in [4.69, 9.17) is 4.42 Å². The van der Waals surface area contributed by atoms with Crippen molar-refractivity contribution in [1.29, 1.82) is 0 Å². The number of anilines is 1. The number of carbonyl (C=O) groups excluding carboxylic acids is 1. The average Bonchev–Trinajstić information content (AvgIpc) is 3.20. The second kappa shape index (κ2) is 7.34. The molecule has 0 saturated heterocycles. The molecule has 2 N–H and O–H groups in total. The Bertz CT molecular complexity index is 1080. The Kier molecular flexibility index (Phi) is 4.73. The third-order valence-electron chi connectivity index (χ3n) is 5.11. The number of amides is 1. The van der Waals surface area contributed by atoms with Crippen LogP contribution in [-0.2, 0) is 19.4 Å². The highest BCUT2D eigenvalue weighted by Crippen LogP contribution is 2.31. The normalized spacial score (nSPS) is 13.2. The molecule has 0 unspecified atom stereocenters. The average molecular weight is 379 g/mol. The SMILES string of the molecule is Cc1cccnc1NC(=O)c1c(O)c2c(n(Cc3ccco3)c1=O)CCCC2. The Morgan fingerprint density at radius 3 is 2.86 bits per heavy atom. The van der Waals surface area contributed by atoms with E-state index < -0.39 is 11.5 Å². The van der Waals surface area contributed by atoms with Crippen molar-refractivity contribution in [3.63, 3.8) is 0 Å². The van der Waals surface area contributed by atoms with Crippen molar-refractivity contribution in [2.45, 2.75) is 39.2 Å². The van der Waals surface area contributed by atoms with Crippen molar-refractivity contribution >= 4 is 11.7 Å². The molecule has 28 heavy (non-hydrogen) atoms. The van der Waals surface area contributed by atoms with Crippen LogP contribution in [0, 0.1) is 6.92 Å². The monoisotopic (exact) mass is 379 g/mol. The van der Waals surface area contributed by atoms with E-state index in [1.54, 1.807) is 35.2 Å². The second-order valence-corrected chi connectivity index (χ2v) is 6.95. The second-order valence-electron chi connectivity index (χ2n) is 6.95. The first-order valence-electron chi connectivity index (χ1n) is 9.29. The number of aromatic hydroxyl groups is 1. The predicted molar refractivity (Wildman–Crippen MR) is 104 cm³/mol. The molecule has 1 aliphatic rings. The maximum atomic E-state index is 13.2. The molecule has 3 heterocycles. The molecule has 7 nitrogen and oxygen atoms in total. The van der Waals surface area contributed by atoms with Gasteiger partial charge in [-0.15, -0.1) is 0 Å². The predicted octanol–water partition coefficient (Wildman–Crippen LogP) is 3.03. The summed E-state index contributed by atoms with van der Waals surface area (Å²) >= 11 is 0. The van der Waals surface area contributed by atoms with Gasteiger partial charge in [0.2, 0.25) is 0 Å². The summed E-state index contributed by atoms with van der Waals surface area (Å²) in [5.74, 6) is 0.0986. The van der Waals surface area contributed by atoms with Crippen molar-refractivity contribution in [3.8, 4) is 5.75 Å². The molecule has 0 saturated carbocycles. The molecule has 0 aromatic carbocycles. The number of aromatic nitrogens is 2. The first-order valence-corrected chi connectivity index (χ1v) is 9.29. The van der Waals surface area contributed by atoms with Crippen LogP contribution < -0.4 is 10.9 Å². The van der Waals surface area contributed by atoms with E-state index in [0.29, 0.717) is 30.0 Å². The highest BCUT2D eigenvalue weighted by Gasteiger charge is 2.28. The number of pyridine rings is 2.